The number of likely N-dealkylation sites (N-methyl/N-ethyl adjacent to an activating group) is 1. The topological polar surface area (TPSA) is 108 Å². The Kier molecular flexibility index (Phi) is 4.24. The van der Waals surface area contributed by atoms with E-state index in [1.54, 1.807) is 0 Å². The predicted octanol–water partition coefficient (Wildman–Crippen LogP) is 9.68. The van der Waals surface area contributed by atoms with Crippen LogP contribution in [-0.2, 0) is 32.7 Å². The summed E-state index contributed by atoms with van der Waals surface area (Å²) in [5.41, 5.74) is 0. The average molecular weight is 751 g/mol. The van der Waals surface area contributed by atoms with Gasteiger partial charge in [-0.15, -0.1) is 0 Å². The summed E-state index contributed by atoms with van der Waals surface area (Å²) in [6, 6.07) is 0. The lowest BCUT2D eigenvalue weighted by molar-refractivity contribution is -0.870. The van der Waals surface area contributed by atoms with Crippen LogP contribution in [0.3, 0.4) is 0 Å². The van der Waals surface area contributed by atoms with Crippen molar-refractivity contribution in [2.24, 2.45) is 0 Å². The summed E-state index contributed by atoms with van der Waals surface area (Å²) in [6.07, 6.45) is -139. The van der Waals surface area contributed by atoms with Crippen LogP contribution >= 0.6 is 7.82 Å². The van der Waals surface area contributed by atoms with Gasteiger partial charge in [-0.2, -0.15) is 0 Å². The first-order chi connectivity index (χ1) is 49.4. The van der Waals surface area contributed by atoms with Crippen LogP contribution in [0.25, 0.3) is 0 Å². The Balaban J connectivity index is 9.46. The molecule has 2 unspecified atom stereocenters. The molecule has 0 aromatic carbocycles. The van der Waals surface area contributed by atoms with Crippen LogP contribution in [0.4, 0.5) is 0 Å². The minimum atomic E-state index is -8.03. The van der Waals surface area contributed by atoms with E-state index in [0.29, 0.717) is 0 Å². The third-order valence-electron chi connectivity index (χ3n) is 2.64. The maximum Gasteiger partial charge on any atom is 0.472 e. The van der Waals surface area contributed by atoms with Crippen molar-refractivity contribution in [2.75, 3.05) is 47.1 Å². The van der Waals surface area contributed by atoms with E-state index in [9.17, 15) is 19.0 Å². The van der Waals surface area contributed by atoms with Crippen LogP contribution in [0.1, 0.15) is 265 Å². The van der Waals surface area contributed by atoms with Gasteiger partial charge in [0.05, 0.1) is 52.2 Å². The molecule has 2 atom stereocenters. The summed E-state index contributed by atoms with van der Waals surface area (Å²) in [6.45, 7) is -47.5. The molecule has 0 amide bonds. The van der Waals surface area contributed by atoms with Gasteiger partial charge in [0.1, 0.15) is 19.6 Å². The Morgan fingerprint density at radius 3 is 1.57 bits per heavy atom. The number of rotatable bonds is 34. The van der Waals surface area contributed by atoms with Crippen molar-refractivity contribution in [3.63, 3.8) is 0 Å². The SMILES string of the molecule is [2H]C([2H])([2H])C([2H])([2H])C([2H])([2H])C([2H])([2H])C([2H])([2H])C([2H])([2H])C([2H])([2H])C([2H])([2H])C([2H])([2H])C([2H])([2H])C([2H])([2H])C([2H])([2H])C([2H])([2H])C(=O)OC([2H])([2H])C([2H])(OC(=O)C([2H])([2H])C([2H])([2H])C([2H])([2H])C([2H])([2H])C([2H])([2H])C([2H])([2H])C([2H])([2H])C([2H])([2H])C([2H])([2H])C([2H])([2H])C([2H])([2H])C([2H])([2H])C([2H])([2H])[2H])C([2H])([2H])OP(=O)(O)OC([2H])([2H])C([2H])([2H])[N+](C([2H])([2H])[2H])(C([2H])([2H])[2H])C([2H])([2H])[2H]. The molecule has 0 saturated carbocycles. The number of hydrogen-bond acceptors (Lipinski definition) is 7. The van der Waals surface area contributed by atoms with E-state index in [0.717, 1.165) is 0 Å². The monoisotopic (exact) mass is 751 g/mol. The first-order valence-electron chi connectivity index (χ1n) is 46.5. The number of ether oxygens (including phenoxy) is 2. The van der Waals surface area contributed by atoms with Gasteiger partial charge >= 0.3 is 19.8 Å². The third kappa shape index (κ3) is 32.9. The van der Waals surface area contributed by atoms with Crippen molar-refractivity contribution in [1.82, 2.24) is 0 Å². The number of nitrogens with zero attached hydrogens (tertiary/aromatic N) is 1. The summed E-state index contributed by atoms with van der Waals surface area (Å²) in [7, 11) is -8.03. The highest BCUT2D eigenvalue weighted by Crippen LogP contribution is 2.43. The fourth-order valence-corrected chi connectivity index (χ4v) is 1.68. The molecule has 274 valence electrons. The summed E-state index contributed by atoms with van der Waals surface area (Å²) < 4.78 is 612. The maximum atomic E-state index is 14.4. The molecule has 1 N–H and O–H groups in total. The summed E-state index contributed by atoms with van der Waals surface area (Å²) in [4.78, 5) is 39.5. The van der Waals surface area contributed by atoms with E-state index in [2.05, 4.69) is 18.5 Å². The van der Waals surface area contributed by atoms with Crippen molar-refractivity contribution in [1.29, 1.82) is 0 Å². The number of quaternary nitrogens is 1. The Bertz CT molecular complexity index is 3670. The van der Waals surface area contributed by atoms with Crippen molar-refractivity contribution in [3.05, 3.63) is 0 Å². The Labute approximate surface area is 384 Å². The second-order valence-electron chi connectivity index (χ2n) is 5.85. The van der Waals surface area contributed by atoms with Crippen molar-refractivity contribution in [2.45, 2.75) is 173 Å². The fraction of sp³-hybridized carbons (Fsp3) is 0.944. The lowest BCUT2D eigenvalue weighted by Gasteiger charge is -2.24. The van der Waals surface area contributed by atoms with Gasteiger partial charge in [-0.1, -0.05) is 141 Å². The van der Waals surface area contributed by atoms with Gasteiger partial charge in [0.2, 0.25) is 0 Å². The second-order valence-corrected chi connectivity index (χ2v) is 7.15. The summed E-state index contributed by atoms with van der Waals surface area (Å²) in [5, 5.41) is 0. The second kappa shape index (κ2) is 30.1. The molecule has 0 aliphatic carbocycles. The van der Waals surface area contributed by atoms with Gasteiger partial charge in [-0.05, 0) is 12.7 Å². The Morgan fingerprint density at radius 2 is 1.11 bits per heavy atom. The van der Waals surface area contributed by atoms with Crippen LogP contribution in [0.5, 0.6) is 0 Å². The molecule has 0 aliphatic rings. The first-order valence-corrected chi connectivity index (χ1v) is 12.0. The number of phosphoric acid groups is 1. The van der Waals surface area contributed by atoms with E-state index < -0.39 is 244 Å². The quantitative estimate of drug-likeness (QED) is 0.0394. The molecule has 0 heterocycles. The lowest BCUT2D eigenvalue weighted by Crippen LogP contribution is -2.37. The molecule has 0 aliphatic heterocycles. The van der Waals surface area contributed by atoms with E-state index in [-0.39, 0.29) is 0 Å². The lowest BCUT2D eigenvalue weighted by atomic mass is 10.1. The van der Waals surface area contributed by atoms with Crippen LogP contribution < -0.4 is 0 Å². The normalized spacial score (nSPS) is 47.8. The molecular formula is C36H73NO8P+. The standard InChI is InChI=1S/C36H72NO8P/c1-6-8-10-12-14-16-18-20-22-24-26-28-35(38)42-32-34(33-44-46(40,41)43-31-30-37(3,4)5)45-36(39)29-27-25-23-21-19-17-15-13-11-9-7-2/h34H,6-33H2,1-5H3/p+1/i1D3,2D3,3D3,4D3,5D3,6D2,7D2,8D2,9D2,10D2,11D2,12D2,13D2,14D2,15D2,16D2,17D2,18D2,19D2,20D2,21D2,22D2,23D2,24D2,25D2,26D2,27D2,28D2,29D2,30D2,31D2,32D2,33D2,34D. The van der Waals surface area contributed by atoms with Gasteiger partial charge in [0.25, 0.3) is 0 Å². The van der Waals surface area contributed by atoms with Crippen molar-refractivity contribution in [3.8, 4) is 0 Å². The highest BCUT2D eigenvalue weighted by molar-refractivity contribution is 7.47. The number of carbonyl (C=O) groups is 2. The summed E-state index contributed by atoms with van der Waals surface area (Å²) in [5.74, 6) is -8.03. The molecule has 0 aromatic heterocycles. The number of hydrogen-bond donors (Lipinski definition) is 1. The van der Waals surface area contributed by atoms with Crippen LogP contribution in [-0.4, -0.2) is 74.5 Å². The average Bonchev–Trinajstić information content (AvgIpc) is 0.681. The maximum absolute atomic E-state index is 14.4. The van der Waals surface area contributed by atoms with Crippen LogP contribution in [0.15, 0.2) is 0 Å². The molecule has 0 bridgehead atoms. The molecule has 10 heteroatoms. The number of carbonyl (C=O) groups excluding carboxylic acids is 2. The molecular weight excluding hydrogens is 605 g/mol. The molecule has 0 rings (SSSR count). The van der Waals surface area contributed by atoms with Crippen LogP contribution in [0.2, 0.25) is 0 Å². The zero-order chi connectivity index (χ0) is 98.0. The third-order valence-corrected chi connectivity index (χ3v) is 3.28. The fourth-order valence-electron chi connectivity index (χ4n) is 1.29. The highest BCUT2D eigenvalue weighted by atomic mass is 31.2. The minimum Gasteiger partial charge on any atom is -0.462 e. The molecule has 9 nitrogen and oxygen atoms in total. The van der Waals surface area contributed by atoms with Gasteiger partial charge in [0.15, 0.2) is 6.08 Å². The molecule has 0 saturated heterocycles. The van der Waals surface area contributed by atoms with E-state index in [1.165, 1.54) is 0 Å². The van der Waals surface area contributed by atoms with Crippen LogP contribution in [0, 0.1) is 0 Å². The van der Waals surface area contributed by atoms with Gasteiger partial charge < -0.3 is 18.9 Å². The van der Waals surface area contributed by atoms with Gasteiger partial charge in [-0.3, -0.25) is 18.6 Å². The first kappa shape index (κ1) is 6.48. The van der Waals surface area contributed by atoms with E-state index in [4.69, 9.17) is 98.7 Å². The molecule has 0 radical (unpaired) electrons. The van der Waals surface area contributed by atoms with E-state index in [1.807, 2.05) is 0 Å². The molecule has 46 heavy (non-hydrogen) atoms. The Hall–Kier alpha value is -0.990. The minimum absolute atomic E-state index is 3.80. The smallest absolute Gasteiger partial charge is 0.462 e. The predicted molar refractivity (Wildman–Crippen MR) is 188 cm³/mol. The summed E-state index contributed by atoms with van der Waals surface area (Å²) >= 11 is 0. The number of esters is 2. The van der Waals surface area contributed by atoms with Gasteiger partial charge in [0, 0.05) is 86.8 Å². The van der Waals surface area contributed by atoms with Crippen molar-refractivity contribution < 1.29 is 141 Å². The zero-order valence-corrected chi connectivity index (χ0v) is 23.1. The molecule has 0 fully saturated rings. The van der Waals surface area contributed by atoms with Crippen molar-refractivity contribution >= 4 is 19.8 Å². The highest BCUT2D eigenvalue weighted by Gasteiger charge is 2.27. The molecule has 0 aromatic rings. The Morgan fingerprint density at radius 1 is 0.674 bits per heavy atom. The van der Waals surface area contributed by atoms with Gasteiger partial charge in [-0.25, -0.2) is 4.57 Å². The molecule has 0 spiro atoms. The number of phosphoric ester groups is 1. The largest absolute Gasteiger partial charge is 0.472 e. The zero-order valence-electron chi connectivity index (χ0n) is 94.2. The van der Waals surface area contributed by atoms with E-state index >= 15 is 0 Å².